The van der Waals surface area contributed by atoms with Crippen LogP contribution in [0.4, 0.5) is 10.1 Å². The van der Waals surface area contributed by atoms with Crippen molar-refractivity contribution in [3.8, 4) is 5.75 Å². The molecule has 1 fully saturated rings. The van der Waals surface area contributed by atoms with E-state index in [1.807, 2.05) is 11.8 Å². The predicted octanol–water partition coefficient (Wildman–Crippen LogP) is 1.97. The Balaban J connectivity index is 2.00. The number of halogens is 1. The summed E-state index contributed by atoms with van der Waals surface area (Å²) < 4.78 is 22.7. The molecule has 0 amide bonds. The number of aromatic carboxylic acids is 1. The Morgan fingerprint density at radius 2 is 2.19 bits per heavy atom. The fourth-order valence-electron chi connectivity index (χ4n) is 4.17. The van der Waals surface area contributed by atoms with Crippen LogP contribution in [0.1, 0.15) is 36.7 Å². The summed E-state index contributed by atoms with van der Waals surface area (Å²) in [6.45, 7) is 5.30. The lowest BCUT2D eigenvalue weighted by molar-refractivity contribution is 0.0694. The van der Waals surface area contributed by atoms with E-state index in [1.54, 1.807) is 4.57 Å². The smallest absolute Gasteiger partial charge is 0.341 e. The zero-order valence-electron chi connectivity index (χ0n) is 15.2. The van der Waals surface area contributed by atoms with Crippen molar-refractivity contribution in [2.24, 2.45) is 11.7 Å². The molecule has 0 unspecified atom stereocenters. The minimum absolute atomic E-state index is 0.0215. The molecule has 1 aromatic heterocycles. The minimum Gasteiger partial charge on any atom is -0.487 e. The second-order valence-electron chi connectivity index (χ2n) is 7.41. The Labute approximate surface area is 155 Å². The lowest BCUT2D eigenvalue weighted by Gasteiger charge is -2.31. The number of nitrogens with two attached hydrogens (primary N) is 1. The van der Waals surface area contributed by atoms with Gasteiger partial charge in [-0.05, 0) is 18.9 Å². The van der Waals surface area contributed by atoms with E-state index in [4.69, 9.17) is 10.5 Å². The normalized spacial score (nSPS) is 24.3. The molecular formula is C19H22FN3O4. The molecule has 7 nitrogen and oxygen atoms in total. The van der Waals surface area contributed by atoms with Crippen LogP contribution in [-0.2, 0) is 0 Å². The molecule has 2 aliphatic rings. The number of anilines is 1. The second-order valence-corrected chi connectivity index (χ2v) is 7.41. The molecule has 2 aromatic rings. The van der Waals surface area contributed by atoms with Gasteiger partial charge in [0.1, 0.15) is 17.9 Å². The van der Waals surface area contributed by atoms with Gasteiger partial charge in [-0.1, -0.05) is 13.3 Å². The van der Waals surface area contributed by atoms with Gasteiger partial charge in [0, 0.05) is 25.3 Å². The lowest BCUT2D eigenvalue weighted by atomic mass is 10.0. The molecule has 0 aliphatic carbocycles. The van der Waals surface area contributed by atoms with Crippen molar-refractivity contribution >= 4 is 22.6 Å². The maximum Gasteiger partial charge on any atom is 0.341 e. The highest BCUT2D eigenvalue weighted by molar-refractivity contribution is 5.97. The number of carboxylic acids is 1. The van der Waals surface area contributed by atoms with Gasteiger partial charge >= 0.3 is 5.97 Å². The number of carbonyl (C=O) groups is 1. The molecule has 0 saturated carbocycles. The van der Waals surface area contributed by atoms with Crippen LogP contribution in [0.2, 0.25) is 0 Å². The van der Waals surface area contributed by atoms with Crippen LogP contribution in [0.3, 0.4) is 0 Å². The van der Waals surface area contributed by atoms with Gasteiger partial charge in [0.2, 0.25) is 5.43 Å². The van der Waals surface area contributed by atoms with Gasteiger partial charge in [0.05, 0.1) is 16.9 Å². The number of carboxylic acid groups (broad SMARTS) is 1. The molecule has 2 aliphatic heterocycles. The van der Waals surface area contributed by atoms with E-state index in [-0.39, 0.29) is 35.6 Å². The molecule has 4 rings (SSSR count). The first-order valence-corrected chi connectivity index (χ1v) is 9.11. The van der Waals surface area contributed by atoms with Crippen LogP contribution in [0.5, 0.6) is 5.75 Å². The Morgan fingerprint density at radius 3 is 2.81 bits per heavy atom. The Kier molecular flexibility index (Phi) is 4.10. The third-order valence-corrected chi connectivity index (χ3v) is 5.70. The first kappa shape index (κ1) is 17.8. The molecule has 1 saturated heterocycles. The van der Waals surface area contributed by atoms with Crippen LogP contribution in [0, 0.1) is 11.7 Å². The summed E-state index contributed by atoms with van der Waals surface area (Å²) in [6, 6.07) is 0.892. The molecule has 8 heteroatoms. The van der Waals surface area contributed by atoms with E-state index in [0.717, 1.165) is 12.5 Å². The summed E-state index contributed by atoms with van der Waals surface area (Å²) in [5.41, 5.74) is 5.85. The number of hydrogen-bond acceptors (Lipinski definition) is 5. The van der Waals surface area contributed by atoms with Crippen molar-refractivity contribution < 1.29 is 19.0 Å². The van der Waals surface area contributed by atoms with Crippen molar-refractivity contribution in [1.82, 2.24) is 4.57 Å². The molecule has 0 radical (unpaired) electrons. The summed E-state index contributed by atoms with van der Waals surface area (Å²) in [5.74, 6) is -1.37. The summed E-state index contributed by atoms with van der Waals surface area (Å²) in [5, 5.41) is 9.36. The number of nitrogens with zero attached hydrogens (tertiary/aromatic N) is 2. The molecule has 3 N–H and O–H groups in total. The van der Waals surface area contributed by atoms with Crippen LogP contribution in [-0.4, -0.2) is 41.4 Å². The minimum atomic E-state index is -1.33. The zero-order valence-corrected chi connectivity index (χ0v) is 15.2. The van der Waals surface area contributed by atoms with E-state index < -0.39 is 17.2 Å². The Bertz CT molecular complexity index is 1000. The van der Waals surface area contributed by atoms with Gasteiger partial charge in [-0.3, -0.25) is 4.79 Å². The first-order chi connectivity index (χ1) is 12.8. The average Bonchev–Trinajstić information content (AvgIpc) is 2.99. The van der Waals surface area contributed by atoms with Crippen molar-refractivity contribution in [2.75, 3.05) is 24.6 Å². The molecule has 144 valence electrons. The quantitative estimate of drug-likeness (QED) is 0.851. The van der Waals surface area contributed by atoms with Crippen LogP contribution in [0.15, 0.2) is 17.1 Å². The van der Waals surface area contributed by atoms with Gasteiger partial charge in [0.25, 0.3) is 0 Å². The first-order valence-electron chi connectivity index (χ1n) is 9.11. The van der Waals surface area contributed by atoms with Gasteiger partial charge in [-0.25, -0.2) is 9.18 Å². The fraction of sp³-hybridized carbons (Fsp3) is 0.474. The van der Waals surface area contributed by atoms with E-state index in [1.165, 1.54) is 6.20 Å². The predicted molar refractivity (Wildman–Crippen MR) is 99.3 cm³/mol. The molecule has 0 spiro atoms. The Hall–Kier alpha value is -2.61. The third-order valence-electron chi connectivity index (χ3n) is 5.70. The summed E-state index contributed by atoms with van der Waals surface area (Å²) in [6.07, 6.45) is 2.22. The maximum atomic E-state index is 15.1. The van der Waals surface area contributed by atoms with E-state index in [9.17, 15) is 14.7 Å². The van der Waals surface area contributed by atoms with E-state index in [2.05, 4.69) is 6.92 Å². The number of hydrogen-bond donors (Lipinski definition) is 2. The average molecular weight is 375 g/mol. The van der Waals surface area contributed by atoms with E-state index >= 15 is 4.39 Å². The zero-order chi connectivity index (χ0) is 19.5. The maximum absolute atomic E-state index is 15.1. The van der Waals surface area contributed by atoms with Gasteiger partial charge in [-0.2, -0.15) is 0 Å². The fourth-order valence-corrected chi connectivity index (χ4v) is 4.17. The lowest BCUT2D eigenvalue weighted by Crippen LogP contribution is -2.31. The second kappa shape index (κ2) is 6.23. The highest BCUT2D eigenvalue weighted by Gasteiger charge is 2.35. The van der Waals surface area contributed by atoms with Crippen LogP contribution in [0.25, 0.3) is 10.9 Å². The van der Waals surface area contributed by atoms with Crippen molar-refractivity contribution in [3.63, 3.8) is 0 Å². The van der Waals surface area contributed by atoms with Crippen molar-refractivity contribution in [2.45, 2.75) is 32.4 Å². The standard InChI is InChI=1S/C19H22FN3O4/c1-3-10-5-22(7-14(10)21)16-13(20)4-11-15-18(16)27-8-9(2)23(15)6-12(17(11)24)19(25)26/h4,6,9-10,14H,3,5,7-8,21H2,1-2H3,(H,25,26)/t9-,10-,14+/m0/s1. The summed E-state index contributed by atoms with van der Waals surface area (Å²) in [7, 11) is 0. The van der Waals surface area contributed by atoms with Crippen molar-refractivity contribution in [1.29, 1.82) is 0 Å². The summed E-state index contributed by atoms with van der Waals surface area (Å²) >= 11 is 0. The highest BCUT2D eigenvalue weighted by Crippen LogP contribution is 2.43. The molecular weight excluding hydrogens is 353 g/mol. The SMILES string of the molecule is CC[C@H]1CN(c2c(F)cc3c(=O)c(C(=O)O)cn4c3c2OC[C@@H]4C)C[C@H]1N. The molecule has 3 atom stereocenters. The number of rotatable bonds is 3. The number of ether oxygens (including phenoxy) is 1. The highest BCUT2D eigenvalue weighted by atomic mass is 19.1. The third kappa shape index (κ3) is 2.58. The molecule has 1 aromatic carbocycles. The van der Waals surface area contributed by atoms with E-state index in [0.29, 0.717) is 30.0 Å². The molecule has 3 heterocycles. The molecule has 0 bridgehead atoms. The van der Waals surface area contributed by atoms with Crippen LogP contribution < -0.4 is 20.8 Å². The monoisotopic (exact) mass is 375 g/mol. The topological polar surface area (TPSA) is 97.8 Å². The summed E-state index contributed by atoms with van der Waals surface area (Å²) in [4.78, 5) is 25.9. The molecule has 27 heavy (non-hydrogen) atoms. The number of benzene rings is 1. The number of pyridine rings is 1. The van der Waals surface area contributed by atoms with Gasteiger partial charge in [0.15, 0.2) is 11.6 Å². The van der Waals surface area contributed by atoms with Crippen molar-refractivity contribution in [3.05, 3.63) is 33.9 Å². The van der Waals surface area contributed by atoms with Crippen LogP contribution >= 0.6 is 0 Å². The van der Waals surface area contributed by atoms with Gasteiger partial charge < -0.3 is 25.0 Å². The number of aromatic nitrogens is 1. The Morgan fingerprint density at radius 1 is 1.44 bits per heavy atom. The van der Waals surface area contributed by atoms with Gasteiger partial charge in [-0.15, -0.1) is 0 Å². The largest absolute Gasteiger partial charge is 0.487 e.